The first kappa shape index (κ1) is 17.3. The topological polar surface area (TPSA) is 41.6 Å². The number of anilines is 2. The van der Waals surface area contributed by atoms with Crippen LogP contribution in [0.4, 0.5) is 11.4 Å². The van der Waals surface area contributed by atoms with Crippen LogP contribution in [0.5, 0.6) is 5.75 Å². The van der Waals surface area contributed by atoms with Crippen LogP contribution in [0.15, 0.2) is 48.5 Å². The minimum absolute atomic E-state index is 0.0154. The van der Waals surface area contributed by atoms with E-state index >= 15 is 0 Å². The lowest BCUT2D eigenvalue weighted by molar-refractivity contribution is -0.118. The summed E-state index contributed by atoms with van der Waals surface area (Å²) in [5, 5.41) is 3.00. The van der Waals surface area contributed by atoms with Crippen LogP contribution in [0.25, 0.3) is 0 Å². The smallest absolute Gasteiger partial charge is 0.262 e. The number of piperidine rings is 1. The fourth-order valence-corrected chi connectivity index (χ4v) is 3.18. The number of nitrogens with zero attached hydrogens (tertiary/aromatic N) is 1. The van der Waals surface area contributed by atoms with Crippen LogP contribution in [0.1, 0.15) is 31.7 Å². The van der Waals surface area contributed by atoms with Gasteiger partial charge in [0.1, 0.15) is 5.75 Å². The molecule has 0 spiro atoms. The van der Waals surface area contributed by atoms with Gasteiger partial charge in [-0.15, -0.1) is 0 Å². The van der Waals surface area contributed by atoms with Gasteiger partial charge in [0.15, 0.2) is 6.61 Å². The van der Waals surface area contributed by atoms with E-state index in [0.717, 1.165) is 36.6 Å². The third-order valence-electron chi connectivity index (χ3n) is 4.55. The van der Waals surface area contributed by atoms with Gasteiger partial charge in [-0.2, -0.15) is 0 Å². The zero-order chi connectivity index (χ0) is 17.5. The molecule has 0 unspecified atom stereocenters. The van der Waals surface area contributed by atoms with Gasteiger partial charge in [-0.3, -0.25) is 4.79 Å². The van der Waals surface area contributed by atoms with E-state index in [0.29, 0.717) is 0 Å². The molecule has 1 aliphatic heterocycles. The van der Waals surface area contributed by atoms with Gasteiger partial charge >= 0.3 is 0 Å². The number of nitrogens with one attached hydrogen (secondary N) is 1. The SMILES string of the molecule is CCc1cccc(OCC(=O)Nc2ccccc2N2CCCCC2)c1. The van der Waals surface area contributed by atoms with Crippen molar-refractivity contribution >= 4 is 17.3 Å². The van der Waals surface area contributed by atoms with Crippen LogP contribution >= 0.6 is 0 Å². The highest BCUT2D eigenvalue weighted by atomic mass is 16.5. The van der Waals surface area contributed by atoms with E-state index in [1.165, 1.54) is 24.8 Å². The summed E-state index contributed by atoms with van der Waals surface area (Å²) in [5.41, 5.74) is 3.16. The summed E-state index contributed by atoms with van der Waals surface area (Å²) in [6, 6.07) is 15.9. The van der Waals surface area contributed by atoms with Gasteiger partial charge in [0, 0.05) is 13.1 Å². The van der Waals surface area contributed by atoms with Crippen molar-refractivity contribution in [3.63, 3.8) is 0 Å². The summed E-state index contributed by atoms with van der Waals surface area (Å²) >= 11 is 0. The molecule has 4 heteroatoms. The summed E-state index contributed by atoms with van der Waals surface area (Å²) in [5.74, 6) is 0.602. The molecular weight excluding hydrogens is 312 g/mol. The fraction of sp³-hybridized carbons (Fsp3) is 0.381. The molecule has 1 fully saturated rings. The van der Waals surface area contributed by atoms with Crippen LogP contribution in [0, 0.1) is 0 Å². The zero-order valence-corrected chi connectivity index (χ0v) is 14.8. The minimum atomic E-state index is -0.133. The number of amides is 1. The molecule has 3 rings (SSSR count). The Hall–Kier alpha value is -2.49. The van der Waals surface area contributed by atoms with Crippen molar-refractivity contribution in [1.82, 2.24) is 0 Å². The van der Waals surface area contributed by atoms with E-state index in [1.54, 1.807) is 0 Å². The zero-order valence-electron chi connectivity index (χ0n) is 14.8. The predicted molar refractivity (Wildman–Crippen MR) is 102 cm³/mol. The summed E-state index contributed by atoms with van der Waals surface area (Å²) in [6.07, 6.45) is 4.65. The molecular formula is C21H26N2O2. The molecule has 0 atom stereocenters. The quantitative estimate of drug-likeness (QED) is 0.856. The number of aryl methyl sites for hydroxylation is 1. The number of ether oxygens (including phenoxy) is 1. The van der Waals surface area contributed by atoms with Gasteiger partial charge in [-0.1, -0.05) is 31.2 Å². The lowest BCUT2D eigenvalue weighted by Crippen LogP contribution is -2.30. The molecule has 1 heterocycles. The van der Waals surface area contributed by atoms with Crippen LogP contribution in [0.3, 0.4) is 0 Å². The fourth-order valence-electron chi connectivity index (χ4n) is 3.18. The van der Waals surface area contributed by atoms with Crippen molar-refractivity contribution in [3.05, 3.63) is 54.1 Å². The van der Waals surface area contributed by atoms with E-state index in [4.69, 9.17) is 4.74 Å². The highest BCUT2D eigenvalue weighted by Gasteiger charge is 2.15. The second-order valence-corrected chi connectivity index (χ2v) is 6.40. The van der Waals surface area contributed by atoms with Gasteiger partial charge in [0.05, 0.1) is 11.4 Å². The second-order valence-electron chi connectivity index (χ2n) is 6.40. The van der Waals surface area contributed by atoms with Crippen LogP contribution in [-0.2, 0) is 11.2 Å². The molecule has 4 nitrogen and oxygen atoms in total. The van der Waals surface area contributed by atoms with Crippen LogP contribution in [0.2, 0.25) is 0 Å². The van der Waals surface area contributed by atoms with Crippen molar-refractivity contribution < 1.29 is 9.53 Å². The molecule has 25 heavy (non-hydrogen) atoms. The van der Waals surface area contributed by atoms with Gasteiger partial charge in [0.2, 0.25) is 0 Å². The molecule has 0 radical (unpaired) electrons. The Bertz CT molecular complexity index is 709. The van der Waals surface area contributed by atoms with E-state index in [1.807, 2.05) is 36.4 Å². The van der Waals surface area contributed by atoms with Gasteiger partial charge in [-0.05, 0) is 55.5 Å². The van der Waals surface area contributed by atoms with Crippen LogP contribution < -0.4 is 15.0 Å². The Morgan fingerprint density at radius 3 is 2.68 bits per heavy atom. The molecule has 0 aliphatic carbocycles. The molecule has 1 N–H and O–H groups in total. The standard InChI is InChI=1S/C21H26N2O2/c1-2-17-9-8-10-18(15-17)25-16-21(24)22-19-11-4-5-12-20(19)23-13-6-3-7-14-23/h4-5,8-12,15H,2-3,6-7,13-14,16H2,1H3,(H,22,24). The number of rotatable bonds is 6. The van der Waals surface area contributed by atoms with E-state index in [2.05, 4.69) is 29.3 Å². The highest BCUT2D eigenvalue weighted by molar-refractivity contribution is 5.95. The molecule has 1 amide bonds. The molecule has 0 saturated carbocycles. The third-order valence-corrected chi connectivity index (χ3v) is 4.55. The molecule has 1 aliphatic rings. The number of hydrogen-bond donors (Lipinski definition) is 1. The first-order valence-electron chi connectivity index (χ1n) is 9.12. The Morgan fingerprint density at radius 2 is 1.88 bits per heavy atom. The maximum atomic E-state index is 12.3. The van der Waals surface area contributed by atoms with Crippen molar-refractivity contribution in [2.75, 3.05) is 29.9 Å². The minimum Gasteiger partial charge on any atom is -0.484 e. The molecule has 0 bridgehead atoms. The Morgan fingerprint density at radius 1 is 1.08 bits per heavy atom. The summed E-state index contributed by atoms with van der Waals surface area (Å²) < 4.78 is 5.64. The van der Waals surface area contributed by atoms with Crippen molar-refractivity contribution in [1.29, 1.82) is 0 Å². The highest BCUT2D eigenvalue weighted by Crippen LogP contribution is 2.28. The lowest BCUT2D eigenvalue weighted by Gasteiger charge is -2.30. The summed E-state index contributed by atoms with van der Waals surface area (Å²) in [6.45, 7) is 4.21. The average Bonchev–Trinajstić information content (AvgIpc) is 2.68. The molecule has 1 saturated heterocycles. The largest absolute Gasteiger partial charge is 0.484 e. The van der Waals surface area contributed by atoms with Crippen molar-refractivity contribution in [3.8, 4) is 5.75 Å². The summed E-state index contributed by atoms with van der Waals surface area (Å²) in [7, 11) is 0. The number of benzene rings is 2. The normalized spacial score (nSPS) is 14.2. The first-order valence-corrected chi connectivity index (χ1v) is 9.12. The first-order chi connectivity index (χ1) is 12.3. The average molecular weight is 338 g/mol. The second kappa shape index (κ2) is 8.56. The maximum absolute atomic E-state index is 12.3. The predicted octanol–water partition coefficient (Wildman–Crippen LogP) is 4.26. The van der Waals surface area contributed by atoms with Gasteiger partial charge < -0.3 is 15.0 Å². The third kappa shape index (κ3) is 4.75. The van der Waals surface area contributed by atoms with Crippen LogP contribution in [-0.4, -0.2) is 25.6 Å². The van der Waals surface area contributed by atoms with Crippen molar-refractivity contribution in [2.24, 2.45) is 0 Å². The van der Waals surface area contributed by atoms with E-state index < -0.39 is 0 Å². The van der Waals surface area contributed by atoms with Gasteiger partial charge in [0.25, 0.3) is 5.91 Å². The molecule has 2 aromatic rings. The summed E-state index contributed by atoms with van der Waals surface area (Å²) in [4.78, 5) is 14.7. The van der Waals surface area contributed by atoms with E-state index in [9.17, 15) is 4.79 Å². The number of para-hydroxylation sites is 2. The van der Waals surface area contributed by atoms with Crippen molar-refractivity contribution in [2.45, 2.75) is 32.6 Å². The van der Waals surface area contributed by atoms with Gasteiger partial charge in [-0.25, -0.2) is 0 Å². The Kier molecular flexibility index (Phi) is 5.94. The van der Waals surface area contributed by atoms with E-state index in [-0.39, 0.29) is 12.5 Å². The molecule has 0 aromatic heterocycles. The Labute approximate surface area is 149 Å². The number of carbonyl (C=O) groups is 1. The number of hydrogen-bond acceptors (Lipinski definition) is 3. The monoisotopic (exact) mass is 338 g/mol. The maximum Gasteiger partial charge on any atom is 0.262 e. The molecule has 132 valence electrons. The molecule has 2 aromatic carbocycles. The lowest BCUT2D eigenvalue weighted by atomic mass is 10.1. The number of carbonyl (C=O) groups excluding carboxylic acids is 1. The Balaban J connectivity index is 1.61.